The molecule has 0 unspecified atom stereocenters. The van der Waals surface area contributed by atoms with E-state index in [1.54, 1.807) is 0 Å². The second-order valence-corrected chi connectivity index (χ2v) is 4.48. The van der Waals surface area contributed by atoms with Crippen molar-refractivity contribution in [3.05, 3.63) is 66.0 Å². The standard InChI is InChI=1S/C15H13N5O2/c21-15(20-22)19-18-13(10-6-2-1-3-7-10)14-16-11-8-4-5-9-12(11)17-14/h1-9,22H,(H,16,17)(H2,19,20,21)/b18-13+. The zero-order chi connectivity index (χ0) is 15.4. The number of hydroxylamine groups is 1. The third-order valence-electron chi connectivity index (χ3n) is 3.03. The van der Waals surface area contributed by atoms with Gasteiger partial charge in [-0.05, 0) is 12.1 Å². The van der Waals surface area contributed by atoms with Gasteiger partial charge in [-0.2, -0.15) is 5.10 Å². The Morgan fingerprint density at radius 3 is 2.55 bits per heavy atom. The van der Waals surface area contributed by atoms with Crippen LogP contribution in [-0.2, 0) is 0 Å². The minimum atomic E-state index is -0.829. The first-order chi connectivity index (χ1) is 10.8. The lowest BCUT2D eigenvalue weighted by Crippen LogP contribution is -2.30. The average Bonchev–Trinajstić information content (AvgIpc) is 2.99. The third-order valence-corrected chi connectivity index (χ3v) is 3.03. The highest BCUT2D eigenvalue weighted by Crippen LogP contribution is 2.14. The highest BCUT2D eigenvalue weighted by molar-refractivity contribution is 6.12. The van der Waals surface area contributed by atoms with Crippen LogP contribution in [-0.4, -0.2) is 26.9 Å². The van der Waals surface area contributed by atoms with Gasteiger partial charge in [-0.25, -0.2) is 20.7 Å². The van der Waals surface area contributed by atoms with Crippen LogP contribution >= 0.6 is 0 Å². The zero-order valence-electron chi connectivity index (χ0n) is 11.4. The van der Waals surface area contributed by atoms with Crippen molar-refractivity contribution in [1.29, 1.82) is 0 Å². The van der Waals surface area contributed by atoms with E-state index in [-0.39, 0.29) is 0 Å². The first-order valence-electron chi connectivity index (χ1n) is 6.56. The van der Waals surface area contributed by atoms with Crippen LogP contribution in [0.5, 0.6) is 0 Å². The Labute approximate surface area is 125 Å². The van der Waals surface area contributed by atoms with Gasteiger partial charge in [0, 0.05) is 5.56 Å². The smallest absolute Gasteiger partial charge is 0.337 e. The topological polar surface area (TPSA) is 102 Å². The Hall–Kier alpha value is -3.19. The van der Waals surface area contributed by atoms with Crippen molar-refractivity contribution in [2.24, 2.45) is 5.10 Å². The summed E-state index contributed by atoms with van der Waals surface area (Å²) >= 11 is 0. The Kier molecular flexibility index (Phi) is 3.80. The minimum Gasteiger partial charge on any atom is -0.337 e. The molecule has 2 amide bonds. The number of nitrogens with one attached hydrogen (secondary N) is 3. The largest absolute Gasteiger partial charge is 0.358 e. The predicted octanol–water partition coefficient (Wildman–Crippen LogP) is 2.00. The Morgan fingerprint density at radius 2 is 1.82 bits per heavy atom. The molecule has 0 spiro atoms. The molecule has 0 saturated carbocycles. The van der Waals surface area contributed by atoms with Crippen molar-refractivity contribution in [2.75, 3.05) is 0 Å². The van der Waals surface area contributed by atoms with Gasteiger partial charge in [0.15, 0.2) is 5.82 Å². The van der Waals surface area contributed by atoms with E-state index in [2.05, 4.69) is 20.5 Å². The van der Waals surface area contributed by atoms with Crippen LogP contribution in [0.3, 0.4) is 0 Å². The van der Waals surface area contributed by atoms with Gasteiger partial charge >= 0.3 is 6.03 Å². The van der Waals surface area contributed by atoms with Gasteiger partial charge in [0.2, 0.25) is 0 Å². The molecule has 0 atom stereocenters. The molecule has 0 radical (unpaired) electrons. The number of hydrogen-bond donors (Lipinski definition) is 4. The third kappa shape index (κ3) is 2.79. The average molecular weight is 295 g/mol. The number of carbonyl (C=O) groups excluding carboxylic acids is 1. The summed E-state index contributed by atoms with van der Waals surface area (Å²) in [6.45, 7) is 0. The van der Waals surface area contributed by atoms with Crippen molar-refractivity contribution in [1.82, 2.24) is 20.9 Å². The van der Waals surface area contributed by atoms with E-state index in [4.69, 9.17) is 5.21 Å². The van der Waals surface area contributed by atoms with Crippen LogP contribution in [0.25, 0.3) is 11.0 Å². The molecule has 1 aromatic heterocycles. The number of hydrogen-bond acceptors (Lipinski definition) is 4. The molecule has 22 heavy (non-hydrogen) atoms. The summed E-state index contributed by atoms with van der Waals surface area (Å²) in [5.41, 5.74) is 6.57. The molecule has 0 bridgehead atoms. The van der Waals surface area contributed by atoms with Crippen LogP contribution in [0.1, 0.15) is 11.4 Å². The number of imidazole rings is 1. The molecule has 110 valence electrons. The Morgan fingerprint density at radius 1 is 1.09 bits per heavy atom. The fourth-order valence-electron chi connectivity index (χ4n) is 2.05. The van der Waals surface area contributed by atoms with Crippen LogP contribution in [0.15, 0.2) is 59.7 Å². The molecule has 7 heteroatoms. The van der Waals surface area contributed by atoms with Gasteiger partial charge in [0.1, 0.15) is 5.71 Å². The monoisotopic (exact) mass is 295 g/mol. The first-order valence-corrected chi connectivity index (χ1v) is 6.56. The Balaban J connectivity index is 2.06. The van der Waals surface area contributed by atoms with E-state index < -0.39 is 6.03 Å². The van der Waals surface area contributed by atoms with E-state index in [0.29, 0.717) is 11.5 Å². The van der Waals surface area contributed by atoms with Crippen LogP contribution < -0.4 is 10.9 Å². The molecular weight excluding hydrogens is 282 g/mol. The van der Waals surface area contributed by atoms with Gasteiger partial charge in [-0.1, -0.05) is 42.5 Å². The van der Waals surface area contributed by atoms with Crippen molar-refractivity contribution < 1.29 is 10.0 Å². The maximum Gasteiger partial charge on any atom is 0.358 e. The van der Waals surface area contributed by atoms with Gasteiger partial charge in [-0.3, -0.25) is 5.21 Å². The number of H-pyrrole nitrogens is 1. The van der Waals surface area contributed by atoms with E-state index in [1.165, 1.54) is 5.48 Å². The normalized spacial score (nSPS) is 11.4. The summed E-state index contributed by atoms with van der Waals surface area (Å²) in [7, 11) is 0. The number of nitrogens with zero attached hydrogens (tertiary/aromatic N) is 2. The summed E-state index contributed by atoms with van der Waals surface area (Å²) in [5, 5.41) is 12.6. The highest BCUT2D eigenvalue weighted by Gasteiger charge is 2.12. The van der Waals surface area contributed by atoms with E-state index in [9.17, 15) is 4.79 Å². The van der Waals surface area contributed by atoms with Crippen LogP contribution in [0, 0.1) is 0 Å². The van der Waals surface area contributed by atoms with Crippen molar-refractivity contribution in [3.63, 3.8) is 0 Å². The number of urea groups is 1. The molecule has 4 N–H and O–H groups in total. The van der Waals surface area contributed by atoms with Crippen LogP contribution in [0.2, 0.25) is 0 Å². The lowest BCUT2D eigenvalue weighted by atomic mass is 10.1. The molecule has 0 aliphatic heterocycles. The number of aromatic amines is 1. The second kappa shape index (κ2) is 6.06. The first kappa shape index (κ1) is 13.8. The van der Waals surface area contributed by atoms with E-state index >= 15 is 0 Å². The number of carbonyl (C=O) groups is 1. The number of hydrazone groups is 1. The number of para-hydroxylation sites is 2. The molecular formula is C15H13N5O2. The second-order valence-electron chi connectivity index (χ2n) is 4.48. The predicted molar refractivity (Wildman–Crippen MR) is 81.6 cm³/mol. The van der Waals surface area contributed by atoms with Gasteiger partial charge < -0.3 is 4.98 Å². The van der Waals surface area contributed by atoms with Crippen molar-refractivity contribution >= 4 is 22.8 Å². The molecule has 0 aliphatic carbocycles. The fraction of sp³-hybridized carbons (Fsp3) is 0. The summed E-state index contributed by atoms with van der Waals surface area (Å²) in [6.07, 6.45) is 0. The SMILES string of the molecule is O=C(NO)N/N=C(\c1ccccc1)c1nc2ccccc2[nH]1. The minimum absolute atomic E-state index is 0.459. The van der Waals surface area contributed by atoms with Gasteiger partial charge in [-0.15, -0.1) is 0 Å². The number of benzene rings is 2. The van der Waals surface area contributed by atoms with E-state index in [0.717, 1.165) is 16.6 Å². The number of amides is 2. The summed E-state index contributed by atoms with van der Waals surface area (Å²) in [4.78, 5) is 18.8. The van der Waals surface area contributed by atoms with Crippen LogP contribution in [0.4, 0.5) is 4.79 Å². The zero-order valence-corrected chi connectivity index (χ0v) is 11.4. The quantitative estimate of drug-likeness (QED) is 0.337. The lowest BCUT2D eigenvalue weighted by molar-refractivity contribution is 0.162. The lowest BCUT2D eigenvalue weighted by Gasteiger charge is -2.04. The van der Waals surface area contributed by atoms with Crippen molar-refractivity contribution in [3.8, 4) is 0 Å². The summed E-state index contributed by atoms with van der Waals surface area (Å²) < 4.78 is 0. The molecule has 2 aromatic carbocycles. The maximum absolute atomic E-state index is 11.1. The molecule has 0 aliphatic rings. The summed E-state index contributed by atoms with van der Waals surface area (Å²) in [5.74, 6) is 0.519. The molecule has 3 rings (SSSR count). The molecule has 1 heterocycles. The van der Waals surface area contributed by atoms with Crippen molar-refractivity contribution in [2.45, 2.75) is 0 Å². The number of aromatic nitrogens is 2. The summed E-state index contributed by atoms with van der Waals surface area (Å²) in [6, 6.07) is 16.1. The highest BCUT2D eigenvalue weighted by atomic mass is 16.5. The molecule has 0 saturated heterocycles. The fourth-order valence-corrected chi connectivity index (χ4v) is 2.05. The molecule has 0 fully saturated rings. The van der Waals surface area contributed by atoms with Gasteiger partial charge in [0.25, 0.3) is 0 Å². The van der Waals surface area contributed by atoms with Gasteiger partial charge in [0.05, 0.1) is 11.0 Å². The van der Waals surface area contributed by atoms with E-state index in [1.807, 2.05) is 54.6 Å². The Bertz CT molecular complexity index is 793. The maximum atomic E-state index is 11.1. The number of fused-ring (bicyclic) bond motifs is 1. The number of rotatable bonds is 3. The molecule has 3 aromatic rings. The molecule has 7 nitrogen and oxygen atoms in total.